The molecule has 1 aromatic heterocycles. The molecular formula is C15H22N2OS. The van der Waals surface area contributed by atoms with E-state index in [1.54, 1.807) is 11.3 Å². The molecule has 2 saturated heterocycles. The highest BCUT2D eigenvalue weighted by Gasteiger charge is 2.30. The van der Waals surface area contributed by atoms with Gasteiger partial charge in [-0.05, 0) is 62.1 Å². The van der Waals surface area contributed by atoms with Crippen LogP contribution in [0, 0.1) is 12.8 Å². The number of carbonyl (C=O) groups is 1. The number of hydrogen-bond acceptors (Lipinski definition) is 3. The Morgan fingerprint density at radius 2 is 2.16 bits per heavy atom. The summed E-state index contributed by atoms with van der Waals surface area (Å²) in [5.74, 6) is 1.02. The lowest BCUT2D eigenvalue weighted by Gasteiger charge is -2.34. The summed E-state index contributed by atoms with van der Waals surface area (Å²) in [5, 5.41) is 5.62. The number of nitrogens with zero attached hydrogens (tertiary/aromatic N) is 1. The number of hydrogen-bond donors (Lipinski definition) is 1. The van der Waals surface area contributed by atoms with Gasteiger partial charge in [0, 0.05) is 19.1 Å². The SMILES string of the molecule is Cc1ccsc1C(=O)N1CCC(C2CCCN2)CC1. The van der Waals surface area contributed by atoms with Gasteiger partial charge >= 0.3 is 0 Å². The van der Waals surface area contributed by atoms with Crippen LogP contribution in [0.4, 0.5) is 0 Å². The van der Waals surface area contributed by atoms with Gasteiger partial charge in [-0.1, -0.05) is 0 Å². The van der Waals surface area contributed by atoms with Crippen LogP contribution in [-0.2, 0) is 0 Å². The Morgan fingerprint density at radius 1 is 1.37 bits per heavy atom. The normalized spacial score (nSPS) is 24.9. The summed E-state index contributed by atoms with van der Waals surface area (Å²) in [6.07, 6.45) is 4.96. The third-order valence-electron chi connectivity index (χ3n) is 4.55. The van der Waals surface area contributed by atoms with E-state index < -0.39 is 0 Å². The van der Waals surface area contributed by atoms with Crippen molar-refractivity contribution < 1.29 is 4.79 Å². The number of piperidine rings is 1. The van der Waals surface area contributed by atoms with E-state index >= 15 is 0 Å². The number of carbonyl (C=O) groups excluding carboxylic acids is 1. The highest BCUT2D eigenvalue weighted by atomic mass is 32.1. The van der Waals surface area contributed by atoms with Crippen LogP contribution < -0.4 is 5.32 Å². The van der Waals surface area contributed by atoms with Crippen molar-refractivity contribution in [3.05, 3.63) is 21.9 Å². The fraction of sp³-hybridized carbons (Fsp3) is 0.667. The van der Waals surface area contributed by atoms with E-state index in [0.717, 1.165) is 42.3 Å². The standard InChI is InChI=1S/C15H22N2OS/c1-11-6-10-19-14(11)15(18)17-8-4-12(5-9-17)13-3-2-7-16-13/h6,10,12-13,16H,2-5,7-9H2,1H3. The summed E-state index contributed by atoms with van der Waals surface area (Å²) in [6, 6.07) is 2.74. The lowest BCUT2D eigenvalue weighted by molar-refractivity contribution is 0.0678. The Balaban J connectivity index is 1.58. The predicted octanol–water partition coefficient (Wildman–Crippen LogP) is 2.66. The van der Waals surface area contributed by atoms with Gasteiger partial charge in [0.2, 0.25) is 0 Å². The number of thiophene rings is 1. The van der Waals surface area contributed by atoms with Crippen molar-refractivity contribution in [2.24, 2.45) is 5.92 Å². The number of likely N-dealkylation sites (tertiary alicyclic amines) is 1. The minimum Gasteiger partial charge on any atom is -0.338 e. The Hall–Kier alpha value is -0.870. The number of nitrogens with one attached hydrogen (secondary N) is 1. The van der Waals surface area contributed by atoms with Crippen molar-refractivity contribution in [1.29, 1.82) is 0 Å². The second-order valence-corrected chi connectivity index (χ2v) is 6.68. The van der Waals surface area contributed by atoms with Crippen LogP contribution >= 0.6 is 11.3 Å². The summed E-state index contributed by atoms with van der Waals surface area (Å²) in [6.45, 7) is 5.06. The second-order valence-electron chi connectivity index (χ2n) is 5.77. The van der Waals surface area contributed by atoms with Gasteiger partial charge in [0.05, 0.1) is 4.88 Å². The molecule has 0 saturated carbocycles. The largest absolute Gasteiger partial charge is 0.338 e. The zero-order chi connectivity index (χ0) is 13.2. The number of amides is 1. The third kappa shape index (κ3) is 2.70. The molecule has 19 heavy (non-hydrogen) atoms. The molecule has 2 aliphatic heterocycles. The first-order chi connectivity index (χ1) is 9.25. The molecule has 0 spiro atoms. The van der Waals surface area contributed by atoms with Crippen LogP contribution in [0.2, 0.25) is 0 Å². The van der Waals surface area contributed by atoms with Gasteiger partial charge in [-0.15, -0.1) is 11.3 Å². The smallest absolute Gasteiger partial charge is 0.264 e. The molecule has 2 fully saturated rings. The average molecular weight is 278 g/mol. The van der Waals surface area contributed by atoms with Crippen molar-refractivity contribution in [2.75, 3.05) is 19.6 Å². The summed E-state index contributed by atoms with van der Waals surface area (Å²) in [4.78, 5) is 15.4. The molecule has 3 nitrogen and oxygen atoms in total. The van der Waals surface area contributed by atoms with Gasteiger partial charge in [-0.3, -0.25) is 4.79 Å². The maximum absolute atomic E-state index is 12.4. The minimum atomic E-state index is 0.241. The molecular weight excluding hydrogens is 256 g/mol. The van der Waals surface area contributed by atoms with E-state index in [4.69, 9.17) is 0 Å². The van der Waals surface area contributed by atoms with Crippen molar-refractivity contribution in [1.82, 2.24) is 10.2 Å². The Labute approximate surface area is 119 Å². The van der Waals surface area contributed by atoms with Gasteiger partial charge in [-0.2, -0.15) is 0 Å². The predicted molar refractivity (Wildman–Crippen MR) is 78.7 cm³/mol. The topological polar surface area (TPSA) is 32.3 Å². The summed E-state index contributed by atoms with van der Waals surface area (Å²) >= 11 is 1.57. The van der Waals surface area contributed by atoms with Crippen LogP contribution in [0.3, 0.4) is 0 Å². The molecule has 0 aromatic carbocycles. The first kappa shape index (κ1) is 13.1. The van der Waals surface area contributed by atoms with Crippen LogP contribution in [0.25, 0.3) is 0 Å². The molecule has 0 aliphatic carbocycles. The van der Waals surface area contributed by atoms with E-state index in [0.29, 0.717) is 6.04 Å². The molecule has 4 heteroatoms. The quantitative estimate of drug-likeness (QED) is 0.902. The van der Waals surface area contributed by atoms with Gasteiger partial charge in [-0.25, -0.2) is 0 Å². The van der Waals surface area contributed by atoms with Gasteiger partial charge < -0.3 is 10.2 Å². The number of aryl methyl sites for hydroxylation is 1. The Morgan fingerprint density at radius 3 is 2.74 bits per heavy atom. The summed E-state index contributed by atoms with van der Waals surface area (Å²) in [7, 11) is 0. The first-order valence-corrected chi connectivity index (χ1v) is 8.20. The number of rotatable bonds is 2. The van der Waals surface area contributed by atoms with E-state index in [1.165, 1.54) is 19.4 Å². The van der Waals surface area contributed by atoms with Crippen LogP contribution in [0.15, 0.2) is 11.4 Å². The first-order valence-electron chi connectivity index (χ1n) is 7.32. The van der Waals surface area contributed by atoms with Crippen molar-refractivity contribution in [3.63, 3.8) is 0 Å². The highest BCUT2D eigenvalue weighted by Crippen LogP contribution is 2.27. The van der Waals surface area contributed by atoms with Gasteiger partial charge in [0.15, 0.2) is 0 Å². The van der Waals surface area contributed by atoms with E-state index in [9.17, 15) is 4.79 Å². The maximum atomic E-state index is 12.4. The van der Waals surface area contributed by atoms with Crippen molar-refractivity contribution in [2.45, 2.75) is 38.6 Å². The third-order valence-corrected chi connectivity index (χ3v) is 5.56. The molecule has 1 aromatic rings. The second kappa shape index (κ2) is 5.63. The molecule has 1 unspecified atom stereocenters. The maximum Gasteiger partial charge on any atom is 0.264 e. The van der Waals surface area contributed by atoms with Crippen LogP contribution in [-0.4, -0.2) is 36.5 Å². The van der Waals surface area contributed by atoms with Crippen LogP contribution in [0.5, 0.6) is 0 Å². The lowest BCUT2D eigenvalue weighted by atomic mass is 9.88. The zero-order valence-corrected chi connectivity index (χ0v) is 12.3. The molecule has 0 bridgehead atoms. The van der Waals surface area contributed by atoms with Crippen molar-refractivity contribution >= 4 is 17.2 Å². The van der Waals surface area contributed by atoms with Crippen LogP contribution in [0.1, 0.15) is 40.9 Å². The van der Waals surface area contributed by atoms with Crippen molar-refractivity contribution in [3.8, 4) is 0 Å². The zero-order valence-electron chi connectivity index (χ0n) is 11.5. The molecule has 1 atom stereocenters. The molecule has 3 rings (SSSR count). The van der Waals surface area contributed by atoms with Gasteiger partial charge in [0.1, 0.15) is 0 Å². The molecule has 3 heterocycles. The van der Waals surface area contributed by atoms with E-state index in [1.807, 2.05) is 23.3 Å². The summed E-state index contributed by atoms with van der Waals surface area (Å²) in [5.41, 5.74) is 1.12. The molecule has 1 N–H and O–H groups in total. The fourth-order valence-electron chi connectivity index (χ4n) is 3.35. The molecule has 1 amide bonds. The monoisotopic (exact) mass is 278 g/mol. The highest BCUT2D eigenvalue weighted by molar-refractivity contribution is 7.12. The van der Waals surface area contributed by atoms with E-state index in [-0.39, 0.29) is 5.91 Å². The average Bonchev–Trinajstić information content (AvgIpc) is 3.09. The molecule has 2 aliphatic rings. The Kier molecular flexibility index (Phi) is 3.89. The minimum absolute atomic E-state index is 0.241. The fourth-order valence-corrected chi connectivity index (χ4v) is 4.25. The van der Waals surface area contributed by atoms with Gasteiger partial charge in [0.25, 0.3) is 5.91 Å². The molecule has 0 radical (unpaired) electrons. The Bertz CT molecular complexity index is 443. The molecule has 104 valence electrons. The van der Waals surface area contributed by atoms with E-state index in [2.05, 4.69) is 5.32 Å². The summed E-state index contributed by atoms with van der Waals surface area (Å²) < 4.78 is 0. The lowest BCUT2D eigenvalue weighted by Crippen LogP contribution is -2.43.